The predicted octanol–water partition coefficient (Wildman–Crippen LogP) is 7.79. The first kappa shape index (κ1) is 25.6. The van der Waals surface area contributed by atoms with E-state index in [1.54, 1.807) is 13.0 Å². The first-order chi connectivity index (χ1) is 13.7. The van der Waals surface area contributed by atoms with Crippen LogP contribution >= 0.6 is 0 Å². The zero-order valence-electron chi connectivity index (χ0n) is 19.9. The van der Waals surface area contributed by atoms with Gasteiger partial charge in [0.2, 0.25) is 11.6 Å². The molecule has 0 aromatic heterocycles. The van der Waals surface area contributed by atoms with Gasteiger partial charge in [0.15, 0.2) is 0 Å². The van der Waals surface area contributed by atoms with Gasteiger partial charge in [0.25, 0.3) is 0 Å². The van der Waals surface area contributed by atoms with Crippen LogP contribution in [0.5, 0.6) is 0 Å². The SMILES string of the molecule is CC1=C(C/C=C(\C)CCC[C@H](C)CCC[C@H](C)CCCC(C)C)C=CC(=O)C1=O. The van der Waals surface area contributed by atoms with Crippen LogP contribution < -0.4 is 0 Å². The minimum atomic E-state index is -0.397. The van der Waals surface area contributed by atoms with Crippen LogP contribution in [-0.2, 0) is 9.59 Å². The van der Waals surface area contributed by atoms with Crippen LogP contribution in [0.2, 0.25) is 0 Å². The lowest BCUT2D eigenvalue weighted by molar-refractivity contribution is -0.131. The first-order valence-electron chi connectivity index (χ1n) is 11.8. The summed E-state index contributed by atoms with van der Waals surface area (Å²) in [4.78, 5) is 23.1. The van der Waals surface area contributed by atoms with Crippen molar-refractivity contribution in [2.75, 3.05) is 0 Å². The molecule has 1 aliphatic rings. The number of hydrogen-bond acceptors (Lipinski definition) is 2. The molecule has 0 N–H and O–H groups in total. The van der Waals surface area contributed by atoms with Crippen LogP contribution in [-0.4, -0.2) is 11.6 Å². The van der Waals surface area contributed by atoms with Crippen molar-refractivity contribution in [2.24, 2.45) is 17.8 Å². The van der Waals surface area contributed by atoms with Gasteiger partial charge < -0.3 is 0 Å². The fourth-order valence-corrected chi connectivity index (χ4v) is 4.02. The molecule has 0 fully saturated rings. The summed E-state index contributed by atoms with van der Waals surface area (Å²) in [5.41, 5.74) is 2.97. The summed E-state index contributed by atoms with van der Waals surface area (Å²) in [6.45, 7) is 13.4. The van der Waals surface area contributed by atoms with Crippen molar-refractivity contribution < 1.29 is 9.59 Å². The molecular formula is C27H44O2. The number of hydrogen-bond donors (Lipinski definition) is 0. The van der Waals surface area contributed by atoms with E-state index in [2.05, 4.69) is 40.7 Å². The van der Waals surface area contributed by atoms with Crippen molar-refractivity contribution >= 4 is 11.6 Å². The van der Waals surface area contributed by atoms with Gasteiger partial charge in [-0.1, -0.05) is 90.4 Å². The normalized spacial score (nSPS) is 17.4. The largest absolute Gasteiger partial charge is 0.286 e. The highest BCUT2D eigenvalue weighted by Crippen LogP contribution is 2.23. The number of allylic oxidation sites excluding steroid dienone is 6. The molecular weight excluding hydrogens is 356 g/mol. The third kappa shape index (κ3) is 10.8. The lowest BCUT2D eigenvalue weighted by Gasteiger charge is -2.15. The zero-order valence-corrected chi connectivity index (χ0v) is 19.9. The van der Waals surface area contributed by atoms with Crippen LogP contribution in [0.4, 0.5) is 0 Å². The van der Waals surface area contributed by atoms with E-state index in [9.17, 15) is 9.59 Å². The molecule has 0 bridgehead atoms. The molecule has 29 heavy (non-hydrogen) atoms. The predicted molar refractivity (Wildman–Crippen MR) is 125 cm³/mol. The van der Waals surface area contributed by atoms with Gasteiger partial charge in [-0.05, 0) is 62.5 Å². The maximum absolute atomic E-state index is 11.8. The van der Waals surface area contributed by atoms with Crippen LogP contribution in [0.3, 0.4) is 0 Å². The average molecular weight is 401 g/mol. The topological polar surface area (TPSA) is 34.1 Å². The molecule has 0 spiro atoms. The Morgan fingerprint density at radius 1 is 0.862 bits per heavy atom. The number of ketones is 2. The zero-order chi connectivity index (χ0) is 21.8. The summed E-state index contributed by atoms with van der Waals surface area (Å²) in [7, 11) is 0. The van der Waals surface area contributed by atoms with Gasteiger partial charge in [0, 0.05) is 5.57 Å². The van der Waals surface area contributed by atoms with Gasteiger partial charge in [0.05, 0.1) is 0 Å². The summed E-state index contributed by atoms with van der Waals surface area (Å²) in [6.07, 6.45) is 18.1. The van der Waals surface area contributed by atoms with Crippen molar-refractivity contribution in [1.82, 2.24) is 0 Å². The number of rotatable bonds is 14. The number of carbonyl (C=O) groups is 2. The summed E-state index contributed by atoms with van der Waals surface area (Å²) in [5.74, 6) is 1.77. The molecule has 0 aliphatic heterocycles. The average Bonchev–Trinajstić information content (AvgIpc) is 2.65. The monoisotopic (exact) mass is 400 g/mol. The van der Waals surface area contributed by atoms with Crippen molar-refractivity contribution in [3.8, 4) is 0 Å². The first-order valence-corrected chi connectivity index (χ1v) is 11.8. The highest BCUT2D eigenvalue weighted by atomic mass is 16.2. The maximum atomic E-state index is 11.8. The molecule has 0 amide bonds. The Morgan fingerprint density at radius 3 is 2.00 bits per heavy atom. The number of Topliss-reactive ketones (excluding diaryl/α,β-unsaturated/α-hetero) is 1. The summed E-state index contributed by atoms with van der Waals surface area (Å²) in [6, 6.07) is 0. The smallest absolute Gasteiger partial charge is 0.228 e. The van der Waals surface area contributed by atoms with Crippen LogP contribution in [0.1, 0.15) is 106 Å². The molecule has 0 saturated carbocycles. The van der Waals surface area contributed by atoms with Gasteiger partial charge in [-0.2, -0.15) is 0 Å². The summed E-state index contributed by atoms with van der Waals surface area (Å²) >= 11 is 0. The van der Waals surface area contributed by atoms with E-state index in [4.69, 9.17) is 0 Å². The van der Waals surface area contributed by atoms with Crippen molar-refractivity contribution in [3.63, 3.8) is 0 Å². The highest BCUT2D eigenvalue weighted by Gasteiger charge is 2.19. The van der Waals surface area contributed by atoms with Crippen molar-refractivity contribution in [1.29, 1.82) is 0 Å². The van der Waals surface area contributed by atoms with Crippen molar-refractivity contribution in [2.45, 2.75) is 106 Å². The summed E-state index contributed by atoms with van der Waals surface area (Å²) in [5, 5.41) is 0. The molecule has 0 radical (unpaired) electrons. The van der Waals surface area contributed by atoms with E-state index in [0.29, 0.717) is 5.57 Å². The third-order valence-corrected chi connectivity index (χ3v) is 6.29. The standard InChI is InChI=1S/C27H44O2/c1-20(2)10-7-11-21(3)12-8-13-22(4)14-9-15-23(5)16-17-25-18-19-26(28)27(29)24(25)6/h16,18-22H,7-15,17H2,1-6H3/b23-16+/t21-,22-/m1/s1. The van der Waals surface area contributed by atoms with Gasteiger partial charge in [0.1, 0.15) is 0 Å². The van der Waals surface area contributed by atoms with Crippen LogP contribution in [0, 0.1) is 17.8 Å². The second-order valence-electron chi connectivity index (χ2n) is 9.79. The lowest BCUT2D eigenvalue weighted by atomic mass is 9.91. The van der Waals surface area contributed by atoms with Gasteiger partial charge >= 0.3 is 0 Å². The Balaban J connectivity index is 2.19. The Hall–Kier alpha value is -1.44. The minimum Gasteiger partial charge on any atom is -0.286 e. The second kappa shape index (κ2) is 13.7. The van der Waals surface area contributed by atoms with Crippen LogP contribution in [0.15, 0.2) is 34.9 Å². The maximum Gasteiger partial charge on any atom is 0.228 e. The molecule has 0 heterocycles. The van der Waals surface area contributed by atoms with E-state index < -0.39 is 5.78 Å². The van der Waals surface area contributed by atoms with E-state index in [1.165, 1.54) is 63.0 Å². The van der Waals surface area contributed by atoms with Gasteiger partial charge in [-0.15, -0.1) is 0 Å². The van der Waals surface area contributed by atoms with E-state index in [-0.39, 0.29) is 5.78 Å². The summed E-state index contributed by atoms with van der Waals surface area (Å²) < 4.78 is 0. The second-order valence-corrected chi connectivity index (χ2v) is 9.79. The van der Waals surface area contributed by atoms with Gasteiger partial charge in [-0.3, -0.25) is 9.59 Å². The van der Waals surface area contributed by atoms with E-state index in [1.807, 2.05) is 0 Å². The van der Waals surface area contributed by atoms with Gasteiger partial charge in [-0.25, -0.2) is 0 Å². The molecule has 2 nitrogen and oxygen atoms in total. The minimum absolute atomic E-state index is 0.350. The molecule has 2 atom stereocenters. The van der Waals surface area contributed by atoms with Crippen molar-refractivity contribution in [3.05, 3.63) is 34.9 Å². The Kier molecular flexibility index (Phi) is 12.1. The Bertz CT molecular complexity index is 618. The molecule has 164 valence electrons. The quantitative estimate of drug-likeness (QED) is 0.169. The molecule has 0 aromatic carbocycles. The molecule has 0 saturated heterocycles. The van der Waals surface area contributed by atoms with E-state index >= 15 is 0 Å². The highest BCUT2D eigenvalue weighted by molar-refractivity contribution is 6.48. The lowest BCUT2D eigenvalue weighted by Crippen LogP contribution is -2.16. The number of carbonyl (C=O) groups excluding carboxylic acids is 2. The Labute approximate surface area is 179 Å². The molecule has 0 aromatic rings. The molecule has 0 unspecified atom stereocenters. The molecule has 1 rings (SSSR count). The molecule has 1 aliphatic carbocycles. The fraction of sp³-hybridized carbons (Fsp3) is 0.704. The van der Waals surface area contributed by atoms with Crippen LogP contribution in [0.25, 0.3) is 0 Å². The third-order valence-electron chi connectivity index (χ3n) is 6.29. The Morgan fingerprint density at radius 2 is 1.41 bits per heavy atom. The molecule has 2 heteroatoms. The fourth-order valence-electron chi connectivity index (χ4n) is 4.02. The van der Waals surface area contributed by atoms with E-state index in [0.717, 1.165) is 36.2 Å².